The molecule has 1 aliphatic carbocycles. The molecule has 2 aromatic carbocycles. The Kier molecular flexibility index (Phi) is 8.68. The van der Waals surface area contributed by atoms with Crippen LogP contribution in [0.2, 0.25) is 0 Å². The van der Waals surface area contributed by atoms with Crippen LogP contribution in [0.15, 0.2) is 78.2 Å². The summed E-state index contributed by atoms with van der Waals surface area (Å²) in [5, 5.41) is 7.73. The second-order valence-corrected chi connectivity index (χ2v) is 9.73. The van der Waals surface area contributed by atoms with Crippen molar-refractivity contribution in [1.82, 2.24) is 15.5 Å². The van der Waals surface area contributed by atoms with Gasteiger partial charge in [-0.1, -0.05) is 79.6 Å². The van der Waals surface area contributed by atoms with Crippen LogP contribution < -0.4 is 10.6 Å². The van der Waals surface area contributed by atoms with E-state index in [0.29, 0.717) is 17.8 Å². The maximum atomic E-state index is 13.6. The summed E-state index contributed by atoms with van der Waals surface area (Å²) < 4.78 is 0. The van der Waals surface area contributed by atoms with E-state index >= 15 is 0 Å². The Morgan fingerprint density at radius 2 is 1.60 bits per heavy atom. The monoisotopic (exact) mass is 489 g/mol. The van der Waals surface area contributed by atoms with Crippen molar-refractivity contribution in [1.29, 1.82) is 0 Å². The van der Waals surface area contributed by atoms with Crippen molar-refractivity contribution in [2.45, 2.75) is 44.2 Å². The number of carbonyl (C=O) groups is 3. The molecule has 1 aliphatic rings. The SMILES string of the molecule is O=C(NCC(=O)N(CCc1ccccc1)C(C(=O)NC1CCCC1)c1ccccc1)c1cccs1. The fourth-order valence-corrected chi connectivity index (χ4v) is 5.14. The molecule has 0 bridgehead atoms. The van der Waals surface area contributed by atoms with Crippen LogP contribution in [-0.4, -0.2) is 41.8 Å². The number of nitrogens with zero attached hydrogens (tertiary/aromatic N) is 1. The predicted molar refractivity (Wildman–Crippen MR) is 138 cm³/mol. The first-order valence-corrected chi connectivity index (χ1v) is 13.0. The van der Waals surface area contributed by atoms with E-state index in [1.54, 1.807) is 17.0 Å². The highest BCUT2D eigenvalue weighted by Gasteiger charge is 2.33. The fraction of sp³-hybridized carbons (Fsp3) is 0.321. The molecule has 6 nitrogen and oxygen atoms in total. The van der Waals surface area contributed by atoms with Gasteiger partial charge < -0.3 is 15.5 Å². The van der Waals surface area contributed by atoms with Crippen molar-refractivity contribution in [2.24, 2.45) is 0 Å². The van der Waals surface area contributed by atoms with Gasteiger partial charge >= 0.3 is 0 Å². The van der Waals surface area contributed by atoms with Gasteiger partial charge in [0.15, 0.2) is 0 Å². The van der Waals surface area contributed by atoms with E-state index in [1.165, 1.54) is 11.3 Å². The van der Waals surface area contributed by atoms with E-state index in [9.17, 15) is 14.4 Å². The Hall–Kier alpha value is -3.45. The number of thiophene rings is 1. The van der Waals surface area contributed by atoms with Crippen LogP contribution in [0.3, 0.4) is 0 Å². The van der Waals surface area contributed by atoms with Gasteiger partial charge in [-0.05, 0) is 41.8 Å². The van der Waals surface area contributed by atoms with Gasteiger partial charge in [-0.25, -0.2) is 0 Å². The van der Waals surface area contributed by atoms with Gasteiger partial charge in [0.05, 0.1) is 11.4 Å². The zero-order chi connectivity index (χ0) is 24.5. The highest BCUT2D eigenvalue weighted by Crippen LogP contribution is 2.25. The number of carbonyl (C=O) groups excluding carboxylic acids is 3. The minimum absolute atomic E-state index is 0.137. The average molecular weight is 490 g/mol. The van der Waals surface area contributed by atoms with Gasteiger partial charge in [0, 0.05) is 12.6 Å². The first-order valence-electron chi connectivity index (χ1n) is 12.1. The molecule has 3 amide bonds. The third-order valence-corrected chi connectivity index (χ3v) is 7.20. The van der Waals surface area contributed by atoms with E-state index in [4.69, 9.17) is 0 Å². The molecule has 0 spiro atoms. The van der Waals surface area contributed by atoms with Crippen LogP contribution in [0.1, 0.15) is 52.5 Å². The Labute approximate surface area is 210 Å². The molecule has 2 N–H and O–H groups in total. The van der Waals surface area contributed by atoms with Crippen LogP contribution in [0.4, 0.5) is 0 Å². The molecule has 1 unspecified atom stereocenters. The van der Waals surface area contributed by atoms with E-state index in [1.807, 2.05) is 66.0 Å². The summed E-state index contributed by atoms with van der Waals surface area (Å²) in [6.07, 6.45) is 4.73. The van der Waals surface area contributed by atoms with Gasteiger partial charge in [0.25, 0.3) is 5.91 Å². The molecule has 4 rings (SSSR count). The fourth-order valence-electron chi connectivity index (χ4n) is 4.50. The van der Waals surface area contributed by atoms with Gasteiger partial charge in [-0.2, -0.15) is 0 Å². The smallest absolute Gasteiger partial charge is 0.261 e. The maximum absolute atomic E-state index is 13.6. The summed E-state index contributed by atoms with van der Waals surface area (Å²) in [5.74, 6) is -0.751. The first kappa shape index (κ1) is 24.7. The zero-order valence-corrected chi connectivity index (χ0v) is 20.5. The minimum Gasteiger partial charge on any atom is -0.351 e. The van der Waals surface area contributed by atoms with Crippen molar-refractivity contribution < 1.29 is 14.4 Å². The lowest BCUT2D eigenvalue weighted by molar-refractivity contribution is -0.140. The van der Waals surface area contributed by atoms with Crippen LogP contribution in [-0.2, 0) is 16.0 Å². The van der Waals surface area contributed by atoms with Crippen LogP contribution in [0, 0.1) is 0 Å². The minimum atomic E-state index is -0.772. The third-order valence-electron chi connectivity index (χ3n) is 6.33. The molecule has 1 fully saturated rings. The van der Waals surface area contributed by atoms with E-state index in [-0.39, 0.29) is 30.3 Å². The van der Waals surface area contributed by atoms with Gasteiger partial charge in [-0.15, -0.1) is 11.3 Å². The molecule has 7 heteroatoms. The molecular weight excluding hydrogens is 458 g/mol. The average Bonchev–Trinajstić information content (AvgIpc) is 3.61. The number of hydrogen-bond donors (Lipinski definition) is 2. The van der Waals surface area contributed by atoms with Crippen molar-refractivity contribution >= 4 is 29.1 Å². The molecule has 1 saturated carbocycles. The van der Waals surface area contributed by atoms with Crippen molar-refractivity contribution in [3.05, 3.63) is 94.2 Å². The molecule has 1 atom stereocenters. The second-order valence-electron chi connectivity index (χ2n) is 8.79. The number of benzene rings is 2. The topological polar surface area (TPSA) is 78.5 Å². The molecule has 1 heterocycles. The van der Waals surface area contributed by atoms with Crippen LogP contribution >= 0.6 is 11.3 Å². The Morgan fingerprint density at radius 1 is 0.914 bits per heavy atom. The van der Waals surface area contributed by atoms with Gasteiger partial charge in [0.2, 0.25) is 11.8 Å². The van der Waals surface area contributed by atoms with E-state index in [0.717, 1.165) is 36.8 Å². The Balaban J connectivity index is 1.57. The highest BCUT2D eigenvalue weighted by molar-refractivity contribution is 7.12. The summed E-state index contributed by atoms with van der Waals surface area (Å²) >= 11 is 1.32. The molecule has 3 aromatic rings. The normalized spacial score (nSPS) is 14.3. The van der Waals surface area contributed by atoms with Gasteiger partial charge in [-0.3, -0.25) is 14.4 Å². The summed E-state index contributed by atoms with van der Waals surface area (Å²) in [7, 11) is 0. The summed E-state index contributed by atoms with van der Waals surface area (Å²) in [6, 6.07) is 22.2. The summed E-state index contributed by atoms with van der Waals surface area (Å²) in [5.41, 5.74) is 1.84. The van der Waals surface area contributed by atoms with Crippen molar-refractivity contribution in [3.63, 3.8) is 0 Å². The standard InChI is InChI=1S/C28H31N3O3S/c32-25(20-29-27(33)24-16-9-19-35-24)31(18-17-21-10-3-1-4-11-21)26(22-12-5-2-6-13-22)28(34)30-23-14-7-8-15-23/h1-6,9-13,16,19,23,26H,7-8,14-15,17-18,20H2,(H,29,33)(H,30,34). The second kappa shape index (κ2) is 12.3. The maximum Gasteiger partial charge on any atom is 0.261 e. The molecule has 1 aromatic heterocycles. The molecule has 0 radical (unpaired) electrons. The molecule has 182 valence electrons. The van der Waals surface area contributed by atoms with Crippen molar-refractivity contribution in [3.8, 4) is 0 Å². The lowest BCUT2D eigenvalue weighted by atomic mass is 10.0. The first-order chi connectivity index (χ1) is 17.1. The number of amides is 3. The van der Waals surface area contributed by atoms with E-state index in [2.05, 4.69) is 10.6 Å². The lowest BCUT2D eigenvalue weighted by Crippen LogP contribution is -2.49. The van der Waals surface area contributed by atoms with Crippen LogP contribution in [0.5, 0.6) is 0 Å². The Morgan fingerprint density at radius 3 is 2.26 bits per heavy atom. The third kappa shape index (κ3) is 6.79. The molecule has 0 aliphatic heterocycles. The predicted octanol–water partition coefficient (Wildman–Crippen LogP) is 4.35. The van der Waals surface area contributed by atoms with Gasteiger partial charge in [0.1, 0.15) is 6.04 Å². The molecule has 0 saturated heterocycles. The van der Waals surface area contributed by atoms with E-state index < -0.39 is 6.04 Å². The quantitative estimate of drug-likeness (QED) is 0.444. The lowest BCUT2D eigenvalue weighted by Gasteiger charge is -2.32. The summed E-state index contributed by atoms with van der Waals surface area (Å²) in [4.78, 5) is 41.7. The Bertz CT molecular complexity index is 1100. The largest absolute Gasteiger partial charge is 0.351 e. The van der Waals surface area contributed by atoms with Crippen molar-refractivity contribution in [2.75, 3.05) is 13.1 Å². The highest BCUT2D eigenvalue weighted by atomic mass is 32.1. The molecular formula is C28H31N3O3S. The zero-order valence-electron chi connectivity index (χ0n) is 19.7. The number of hydrogen-bond acceptors (Lipinski definition) is 4. The summed E-state index contributed by atoms with van der Waals surface area (Å²) in [6.45, 7) is 0.181. The molecule has 35 heavy (non-hydrogen) atoms. The number of rotatable bonds is 10. The number of nitrogens with one attached hydrogen (secondary N) is 2. The van der Waals surface area contributed by atoms with Crippen LogP contribution in [0.25, 0.3) is 0 Å².